The molecule has 1 aliphatic rings. The van der Waals surface area contributed by atoms with Crippen molar-refractivity contribution in [1.29, 1.82) is 0 Å². The van der Waals surface area contributed by atoms with E-state index in [9.17, 15) is 13.2 Å². The minimum atomic E-state index is -3.57. The monoisotopic (exact) mass is 397 g/mol. The number of hydrogen-bond acceptors (Lipinski definition) is 3. The molecule has 28 heavy (non-hydrogen) atoms. The van der Waals surface area contributed by atoms with Crippen molar-refractivity contribution >= 4 is 32.4 Å². The fraction of sp³-hybridized carbons (Fsp3) is 0.286. The second-order valence-corrected chi connectivity index (χ2v) is 9.06. The summed E-state index contributed by atoms with van der Waals surface area (Å²) in [7, 11) is -1.88. The molecule has 1 amide bonds. The fourth-order valence-electron chi connectivity index (χ4n) is 3.68. The summed E-state index contributed by atoms with van der Waals surface area (Å²) in [6.07, 6.45) is 4.32. The molecule has 2 aromatic carbocycles. The number of sulfonamides is 1. The van der Waals surface area contributed by atoms with Gasteiger partial charge in [0.15, 0.2) is 0 Å². The standard InChI is InChI=1S/C21H23N3O3S/c1-23-15-17(28(26,27)24-12-5-2-6-13-24)14-20(23)21(25)22-19-11-7-9-16-8-3-4-10-18(16)19/h3-4,7-11,14-15H,2,5-6,12-13H2,1H3,(H,22,25). The molecule has 0 atom stereocenters. The highest BCUT2D eigenvalue weighted by Gasteiger charge is 2.28. The Bertz CT molecular complexity index is 1120. The topological polar surface area (TPSA) is 71.4 Å². The lowest BCUT2D eigenvalue weighted by atomic mass is 10.1. The van der Waals surface area contributed by atoms with Gasteiger partial charge in [0.2, 0.25) is 10.0 Å². The van der Waals surface area contributed by atoms with Crippen LogP contribution in [0.3, 0.4) is 0 Å². The van der Waals surface area contributed by atoms with Crippen LogP contribution in [-0.4, -0.2) is 36.3 Å². The van der Waals surface area contributed by atoms with Crippen molar-refractivity contribution in [2.75, 3.05) is 18.4 Å². The molecular formula is C21H23N3O3S. The summed E-state index contributed by atoms with van der Waals surface area (Å²) in [6.45, 7) is 1.07. The van der Waals surface area contributed by atoms with Gasteiger partial charge in [-0.3, -0.25) is 4.79 Å². The third-order valence-corrected chi connectivity index (χ3v) is 7.07. The number of amides is 1. The van der Waals surface area contributed by atoms with Gasteiger partial charge in [-0.15, -0.1) is 0 Å². The molecule has 1 N–H and O–H groups in total. The van der Waals surface area contributed by atoms with Gasteiger partial charge in [0.05, 0.1) is 0 Å². The van der Waals surface area contributed by atoms with Crippen LogP contribution in [-0.2, 0) is 17.1 Å². The summed E-state index contributed by atoms with van der Waals surface area (Å²) in [5, 5.41) is 4.89. The lowest BCUT2D eigenvalue weighted by Crippen LogP contribution is -2.35. The van der Waals surface area contributed by atoms with E-state index in [1.54, 1.807) is 11.6 Å². The highest BCUT2D eigenvalue weighted by Crippen LogP contribution is 2.25. The predicted molar refractivity (Wildman–Crippen MR) is 110 cm³/mol. The number of benzene rings is 2. The molecule has 146 valence electrons. The largest absolute Gasteiger partial charge is 0.345 e. The maximum absolute atomic E-state index is 12.9. The number of anilines is 1. The maximum Gasteiger partial charge on any atom is 0.272 e. The Morgan fingerprint density at radius 3 is 2.50 bits per heavy atom. The summed E-state index contributed by atoms with van der Waals surface area (Å²) in [4.78, 5) is 13.0. The van der Waals surface area contributed by atoms with Crippen LogP contribution in [0.2, 0.25) is 0 Å². The van der Waals surface area contributed by atoms with Gasteiger partial charge in [0, 0.05) is 37.4 Å². The van der Waals surface area contributed by atoms with Gasteiger partial charge in [0.1, 0.15) is 10.6 Å². The first-order valence-electron chi connectivity index (χ1n) is 9.42. The number of hydrogen-bond donors (Lipinski definition) is 1. The van der Waals surface area contributed by atoms with Crippen molar-refractivity contribution in [3.8, 4) is 0 Å². The molecule has 0 unspecified atom stereocenters. The molecule has 0 aliphatic carbocycles. The molecule has 0 saturated carbocycles. The van der Waals surface area contributed by atoms with Gasteiger partial charge in [-0.25, -0.2) is 8.42 Å². The minimum Gasteiger partial charge on any atom is -0.345 e. The Morgan fingerprint density at radius 1 is 1.00 bits per heavy atom. The molecule has 0 radical (unpaired) electrons. The number of aromatic nitrogens is 1. The van der Waals surface area contributed by atoms with E-state index in [0.717, 1.165) is 30.0 Å². The number of piperidine rings is 1. The molecule has 4 rings (SSSR count). The summed E-state index contributed by atoms with van der Waals surface area (Å²) >= 11 is 0. The van der Waals surface area contributed by atoms with E-state index >= 15 is 0 Å². The molecule has 1 saturated heterocycles. The average molecular weight is 398 g/mol. The third-order valence-electron chi connectivity index (χ3n) is 5.20. The van der Waals surface area contributed by atoms with Crippen LogP contribution >= 0.6 is 0 Å². The van der Waals surface area contributed by atoms with Crippen LogP contribution in [0.25, 0.3) is 10.8 Å². The zero-order valence-corrected chi connectivity index (χ0v) is 16.6. The van der Waals surface area contributed by atoms with E-state index in [1.807, 2.05) is 42.5 Å². The van der Waals surface area contributed by atoms with Gasteiger partial charge in [-0.2, -0.15) is 4.31 Å². The smallest absolute Gasteiger partial charge is 0.272 e. The van der Waals surface area contributed by atoms with E-state index < -0.39 is 10.0 Å². The lowest BCUT2D eigenvalue weighted by molar-refractivity contribution is 0.101. The molecule has 1 fully saturated rings. The zero-order valence-electron chi connectivity index (χ0n) is 15.8. The zero-order chi connectivity index (χ0) is 19.7. The first-order valence-corrected chi connectivity index (χ1v) is 10.9. The third kappa shape index (κ3) is 3.43. The van der Waals surface area contributed by atoms with Crippen molar-refractivity contribution < 1.29 is 13.2 Å². The molecule has 0 spiro atoms. The van der Waals surface area contributed by atoms with E-state index in [2.05, 4.69) is 5.32 Å². The van der Waals surface area contributed by atoms with Crippen molar-refractivity contribution in [3.63, 3.8) is 0 Å². The van der Waals surface area contributed by atoms with Gasteiger partial charge < -0.3 is 9.88 Å². The van der Waals surface area contributed by atoms with Crippen molar-refractivity contribution in [1.82, 2.24) is 8.87 Å². The highest BCUT2D eigenvalue weighted by atomic mass is 32.2. The van der Waals surface area contributed by atoms with E-state index in [4.69, 9.17) is 0 Å². The van der Waals surface area contributed by atoms with Gasteiger partial charge in [0.25, 0.3) is 5.91 Å². The van der Waals surface area contributed by atoms with Crippen molar-refractivity contribution in [3.05, 3.63) is 60.4 Å². The predicted octanol–water partition coefficient (Wildman–Crippen LogP) is 3.61. The fourth-order valence-corrected chi connectivity index (χ4v) is 5.27. The van der Waals surface area contributed by atoms with Gasteiger partial charge in [-0.05, 0) is 30.4 Å². The first kappa shape index (κ1) is 18.7. The van der Waals surface area contributed by atoms with Crippen LogP contribution < -0.4 is 5.32 Å². The first-order chi connectivity index (χ1) is 13.5. The van der Waals surface area contributed by atoms with Crippen LogP contribution in [0, 0.1) is 0 Å². The molecular weight excluding hydrogens is 374 g/mol. The number of nitrogens with one attached hydrogen (secondary N) is 1. The second-order valence-electron chi connectivity index (χ2n) is 7.12. The van der Waals surface area contributed by atoms with Crippen LogP contribution in [0.15, 0.2) is 59.6 Å². The van der Waals surface area contributed by atoms with E-state index in [1.165, 1.54) is 16.6 Å². The lowest BCUT2D eigenvalue weighted by Gasteiger charge is -2.25. The van der Waals surface area contributed by atoms with Gasteiger partial charge in [-0.1, -0.05) is 42.8 Å². The SMILES string of the molecule is Cn1cc(S(=O)(=O)N2CCCCC2)cc1C(=O)Nc1cccc2ccccc12. The number of carbonyl (C=O) groups is 1. The summed E-state index contributed by atoms with van der Waals surface area (Å²) < 4.78 is 28.9. The Hall–Kier alpha value is -2.64. The normalized spacial score (nSPS) is 15.6. The van der Waals surface area contributed by atoms with Crippen molar-refractivity contribution in [2.45, 2.75) is 24.2 Å². The summed E-state index contributed by atoms with van der Waals surface area (Å²) in [5.41, 5.74) is 1.01. The molecule has 2 heterocycles. The average Bonchev–Trinajstić information content (AvgIpc) is 3.11. The van der Waals surface area contributed by atoms with Crippen molar-refractivity contribution in [2.24, 2.45) is 7.05 Å². The van der Waals surface area contributed by atoms with E-state index in [-0.39, 0.29) is 10.8 Å². The van der Waals surface area contributed by atoms with Crippen LogP contribution in [0.4, 0.5) is 5.69 Å². The Morgan fingerprint density at radius 2 is 1.71 bits per heavy atom. The maximum atomic E-state index is 12.9. The quantitative estimate of drug-likeness (QED) is 0.731. The second kappa shape index (κ2) is 7.41. The highest BCUT2D eigenvalue weighted by molar-refractivity contribution is 7.89. The van der Waals surface area contributed by atoms with E-state index in [0.29, 0.717) is 24.5 Å². The number of rotatable bonds is 4. The number of nitrogens with zero attached hydrogens (tertiary/aromatic N) is 2. The van der Waals surface area contributed by atoms with Crippen LogP contribution in [0.5, 0.6) is 0 Å². The molecule has 7 heteroatoms. The number of carbonyl (C=O) groups excluding carboxylic acids is 1. The Kier molecular flexibility index (Phi) is 4.95. The minimum absolute atomic E-state index is 0.167. The van der Waals surface area contributed by atoms with Gasteiger partial charge >= 0.3 is 0 Å². The molecule has 6 nitrogen and oxygen atoms in total. The molecule has 0 bridgehead atoms. The number of aryl methyl sites for hydroxylation is 1. The Balaban J connectivity index is 1.62. The molecule has 3 aromatic rings. The number of fused-ring (bicyclic) bond motifs is 1. The summed E-state index contributed by atoms with van der Waals surface area (Å²) in [6, 6.07) is 15.0. The molecule has 1 aliphatic heterocycles. The Labute approximate surface area is 164 Å². The molecule has 1 aromatic heterocycles. The van der Waals surface area contributed by atoms with Crippen LogP contribution in [0.1, 0.15) is 29.8 Å². The summed E-state index contributed by atoms with van der Waals surface area (Å²) in [5.74, 6) is -0.334.